The Balaban J connectivity index is 1.70. The lowest BCUT2D eigenvalue weighted by atomic mass is 10.1. The standard InChI is InChI=1S/C18H15ClN2O3/c1-11(16(22)20-10-12-5-4-6-13(19)9-12)21-17(23)14-7-2-3-8-15(14)18(21)24/h2-9,11H,10H2,1H3,(H,20,22)/t11-/m1/s1. The summed E-state index contributed by atoms with van der Waals surface area (Å²) in [4.78, 5) is 38.1. The fourth-order valence-corrected chi connectivity index (χ4v) is 2.87. The van der Waals surface area contributed by atoms with Gasteiger partial charge in [0.25, 0.3) is 11.8 Å². The van der Waals surface area contributed by atoms with Gasteiger partial charge in [-0.25, -0.2) is 0 Å². The van der Waals surface area contributed by atoms with Crippen LogP contribution in [0.5, 0.6) is 0 Å². The second-order valence-electron chi connectivity index (χ2n) is 5.55. The van der Waals surface area contributed by atoms with Crippen molar-refractivity contribution in [2.45, 2.75) is 19.5 Å². The topological polar surface area (TPSA) is 66.5 Å². The monoisotopic (exact) mass is 342 g/mol. The fourth-order valence-electron chi connectivity index (χ4n) is 2.66. The molecule has 1 aliphatic rings. The Morgan fingerprint density at radius 1 is 1.08 bits per heavy atom. The molecule has 3 amide bonds. The van der Waals surface area contributed by atoms with E-state index in [4.69, 9.17) is 11.6 Å². The number of imide groups is 1. The number of carbonyl (C=O) groups is 3. The molecule has 0 radical (unpaired) electrons. The summed E-state index contributed by atoms with van der Waals surface area (Å²) in [6.45, 7) is 1.81. The van der Waals surface area contributed by atoms with Crippen LogP contribution in [0, 0.1) is 0 Å². The predicted molar refractivity (Wildman–Crippen MR) is 89.7 cm³/mol. The molecule has 1 atom stereocenters. The van der Waals surface area contributed by atoms with Crippen molar-refractivity contribution in [2.24, 2.45) is 0 Å². The fraction of sp³-hybridized carbons (Fsp3) is 0.167. The highest BCUT2D eigenvalue weighted by atomic mass is 35.5. The van der Waals surface area contributed by atoms with Crippen molar-refractivity contribution in [3.05, 3.63) is 70.2 Å². The molecule has 0 bridgehead atoms. The maximum atomic E-state index is 12.4. The second kappa shape index (κ2) is 6.45. The number of fused-ring (bicyclic) bond motifs is 1. The van der Waals surface area contributed by atoms with Gasteiger partial charge in [0.15, 0.2) is 0 Å². The number of benzene rings is 2. The minimum absolute atomic E-state index is 0.271. The van der Waals surface area contributed by atoms with Gasteiger partial charge in [-0.3, -0.25) is 19.3 Å². The first kappa shape index (κ1) is 16.2. The summed E-state index contributed by atoms with van der Waals surface area (Å²) in [5.41, 5.74) is 1.50. The summed E-state index contributed by atoms with van der Waals surface area (Å²) < 4.78 is 0. The van der Waals surface area contributed by atoms with Crippen LogP contribution in [0.2, 0.25) is 5.02 Å². The first-order valence-electron chi connectivity index (χ1n) is 7.48. The van der Waals surface area contributed by atoms with Gasteiger partial charge in [0, 0.05) is 11.6 Å². The molecule has 122 valence electrons. The molecular weight excluding hydrogens is 328 g/mol. The van der Waals surface area contributed by atoms with Crippen molar-refractivity contribution < 1.29 is 14.4 Å². The second-order valence-corrected chi connectivity index (χ2v) is 5.99. The van der Waals surface area contributed by atoms with Crippen LogP contribution in [-0.2, 0) is 11.3 Å². The van der Waals surface area contributed by atoms with Crippen LogP contribution in [-0.4, -0.2) is 28.7 Å². The first-order chi connectivity index (χ1) is 11.5. The molecule has 3 rings (SSSR count). The zero-order valence-corrected chi connectivity index (χ0v) is 13.7. The van der Waals surface area contributed by atoms with E-state index in [-0.39, 0.29) is 6.54 Å². The molecule has 24 heavy (non-hydrogen) atoms. The van der Waals surface area contributed by atoms with E-state index in [1.807, 2.05) is 6.07 Å². The van der Waals surface area contributed by atoms with E-state index in [2.05, 4.69) is 5.32 Å². The smallest absolute Gasteiger partial charge is 0.262 e. The summed E-state index contributed by atoms with van der Waals surface area (Å²) in [5, 5.41) is 3.31. The summed E-state index contributed by atoms with van der Waals surface area (Å²) in [5.74, 6) is -1.29. The molecule has 1 N–H and O–H groups in total. The molecular formula is C18H15ClN2O3. The third-order valence-electron chi connectivity index (χ3n) is 3.95. The Bertz CT molecular complexity index is 800. The Kier molecular flexibility index (Phi) is 4.36. The average Bonchev–Trinajstić information content (AvgIpc) is 2.84. The van der Waals surface area contributed by atoms with Crippen molar-refractivity contribution >= 4 is 29.3 Å². The van der Waals surface area contributed by atoms with Gasteiger partial charge in [-0.1, -0.05) is 35.9 Å². The van der Waals surface area contributed by atoms with E-state index in [9.17, 15) is 14.4 Å². The van der Waals surface area contributed by atoms with E-state index >= 15 is 0 Å². The Hall–Kier alpha value is -2.66. The van der Waals surface area contributed by atoms with Crippen molar-refractivity contribution in [2.75, 3.05) is 0 Å². The van der Waals surface area contributed by atoms with Crippen LogP contribution in [0.15, 0.2) is 48.5 Å². The highest BCUT2D eigenvalue weighted by Gasteiger charge is 2.40. The number of rotatable bonds is 4. The Labute approximate surface area is 144 Å². The number of halogens is 1. The van der Waals surface area contributed by atoms with E-state index in [0.717, 1.165) is 10.5 Å². The van der Waals surface area contributed by atoms with Crippen molar-refractivity contribution in [3.63, 3.8) is 0 Å². The number of hydrogen-bond acceptors (Lipinski definition) is 3. The lowest BCUT2D eigenvalue weighted by Gasteiger charge is -2.21. The van der Waals surface area contributed by atoms with E-state index in [1.54, 1.807) is 42.5 Å². The number of amides is 3. The van der Waals surface area contributed by atoms with E-state index < -0.39 is 23.8 Å². The van der Waals surface area contributed by atoms with Gasteiger partial charge in [0.05, 0.1) is 11.1 Å². The first-order valence-corrected chi connectivity index (χ1v) is 7.86. The SMILES string of the molecule is C[C@H](C(=O)NCc1cccc(Cl)c1)N1C(=O)c2ccccc2C1=O. The van der Waals surface area contributed by atoms with Crippen LogP contribution in [0.4, 0.5) is 0 Å². The quantitative estimate of drug-likeness (QED) is 0.869. The lowest BCUT2D eigenvalue weighted by Crippen LogP contribution is -2.47. The molecule has 2 aromatic carbocycles. The maximum Gasteiger partial charge on any atom is 0.262 e. The van der Waals surface area contributed by atoms with Gasteiger partial charge in [-0.15, -0.1) is 0 Å². The molecule has 0 saturated heterocycles. The third-order valence-corrected chi connectivity index (χ3v) is 4.18. The van der Waals surface area contributed by atoms with Crippen molar-refractivity contribution in [1.29, 1.82) is 0 Å². The van der Waals surface area contributed by atoms with Crippen LogP contribution < -0.4 is 5.32 Å². The lowest BCUT2D eigenvalue weighted by molar-refractivity contribution is -0.124. The Morgan fingerprint density at radius 2 is 1.71 bits per heavy atom. The Morgan fingerprint density at radius 3 is 2.29 bits per heavy atom. The number of nitrogens with zero attached hydrogens (tertiary/aromatic N) is 1. The highest BCUT2D eigenvalue weighted by molar-refractivity contribution is 6.30. The molecule has 0 aromatic heterocycles. The summed E-state index contributed by atoms with van der Waals surface area (Å²) in [7, 11) is 0. The van der Waals surface area contributed by atoms with Gasteiger partial charge in [0.1, 0.15) is 6.04 Å². The van der Waals surface area contributed by atoms with Gasteiger partial charge in [-0.05, 0) is 36.8 Å². The predicted octanol–water partition coefficient (Wildman–Crippen LogP) is 2.64. The molecule has 1 heterocycles. The summed E-state index contributed by atoms with van der Waals surface area (Å²) >= 11 is 5.91. The number of carbonyl (C=O) groups excluding carboxylic acids is 3. The molecule has 0 aliphatic carbocycles. The van der Waals surface area contributed by atoms with Gasteiger partial charge in [-0.2, -0.15) is 0 Å². The van der Waals surface area contributed by atoms with Crippen LogP contribution in [0.25, 0.3) is 0 Å². The minimum Gasteiger partial charge on any atom is -0.350 e. The molecule has 5 nitrogen and oxygen atoms in total. The van der Waals surface area contributed by atoms with Gasteiger partial charge >= 0.3 is 0 Å². The normalized spacial score (nSPS) is 14.5. The molecule has 0 unspecified atom stereocenters. The van der Waals surface area contributed by atoms with E-state index in [1.165, 1.54) is 6.92 Å². The zero-order valence-electron chi connectivity index (χ0n) is 13.0. The van der Waals surface area contributed by atoms with Gasteiger partial charge in [0.2, 0.25) is 5.91 Å². The van der Waals surface area contributed by atoms with Crippen LogP contribution in [0.1, 0.15) is 33.2 Å². The van der Waals surface area contributed by atoms with E-state index in [0.29, 0.717) is 16.1 Å². The van der Waals surface area contributed by atoms with Gasteiger partial charge < -0.3 is 5.32 Å². The van der Waals surface area contributed by atoms with Crippen molar-refractivity contribution in [1.82, 2.24) is 10.2 Å². The molecule has 2 aromatic rings. The third kappa shape index (κ3) is 2.90. The number of nitrogens with one attached hydrogen (secondary N) is 1. The highest BCUT2D eigenvalue weighted by Crippen LogP contribution is 2.24. The molecule has 1 aliphatic heterocycles. The molecule has 6 heteroatoms. The molecule has 0 saturated carbocycles. The average molecular weight is 343 g/mol. The summed E-state index contributed by atoms with van der Waals surface area (Å²) in [6.07, 6.45) is 0. The summed E-state index contributed by atoms with van der Waals surface area (Å²) in [6, 6.07) is 12.8. The molecule has 0 fully saturated rings. The van der Waals surface area contributed by atoms with Crippen LogP contribution in [0.3, 0.4) is 0 Å². The maximum absolute atomic E-state index is 12.4. The largest absolute Gasteiger partial charge is 0.350 e. The zero-order chi connectivity index (χ0) is 17.3. The van der Waals surface area contributed by atoms with Crippen LogP contribution >= 0.6 is 11.6 Å². The van der Waals surface area contributed by atoms with Crippen molar-refractivity contribution in [3.8, 4) is 0 Å². The minimum atomic E-state index is -0.892. The molecule has 0 spiro atoms. The number of hydrogen-bond donors (Lipinski definition) is 1.